The average molecular weight is 1730 g/mol. The number of unbranched alkanes of at least 4 members (excludes halogenated alkanes) is 27. The second-order valence-corrected chi connectivity index (χ2v) is 91.9. The Hall–Kier alpha value is 0.803. The first-order chi connectivity index (χ1) is 50.8. The summed E-state index contributed by atoms with van der Waals surface area (Å²) in [5.41, 5.74) is 0. The van der Waals surface area contributed by atoms with Gasteiger partial charge in [0.15, 0.2) is 33.3 Å². The van der Waals surface area contributed by atoms with Crippen molar-refractivity contribution in [2.75, 3.05) is 0 Å². The Morgan fingerprint density at radius 3 is 0.670 bits per heavy atom. The Bertz CT molecular complexity index is 2450. The molecule has 3 rings (SSSR count). The first kappa shape index (κ1) is 112. The minimum atomic E-state index is -2.20. The van der Waals surface area contributed by atoms with E-state index in [1.54, 1.807) is 20.7 Å². The zero-order valence-electron chi connectivity index (χ0n) is 80.3. The molecule has 0 aliphatic carbocycles. The van der Waals surface area contributed by atoms with Gasteiger partial charge in [0.05, 0.1) is 32.3 Å². The molecule has 0 radical (unpaired) electrons. The zero-order chi connectivity index (χ0) is 83.4. The first-order valence-electron chi connectivity index (χ1n) is 47.2. The normalized spacial score (nSPS) is 17.2. The molecule has 6 nitrogen and oxygen atoms in total. The van der Waals surface area contributed by atoms with E-state index in [4.69, 9.17) is 24.7 Å². The van der Waals surface area contributed by atoms with Crippen molar-refractivity contribution < 1.29 is 24.7 Å². The fraction of sp³-hybridized carbons (Fsp3) is 0.868. The van der Waals surface area contributed by atoms with E-state index in [1.165, 1.54) is 273 Å². The lowest BCUT2D eigenvalue weighted by atomic mass is 10.1. The zero-order valence-corrected chi connectivity index (χ0v) is 92.3. The van der Waals surface area contributed by atoms with Crippen LogP contribution in [0.2, 0.25) is 204 Å². The van der Waals surface area contributed by atoms with Crippen molar-refractivity contribution in [1.29, 1.82) is 0 Å². The van der Waals surface area contributed by atoms with E-state index in [9.17, 15) is 0 Å². The minimum absolute atomic E-state index is 1.01. The van der Waals surface area contributed by atoms with Crippen molar-refractivity contribution in [2.24, 2.45) is 0 Å². The molecule has 1 aliphatic rings. The van der Waals surface area contributed by atoms with Crippen molar-refractivity contribution in [3.05, 3.63) is 48.5 Å². The summed E-state index contributed by atoms with van der Waals surface area (Å²) in [6, 6.07) is 33.0. The fourth-order valence-electron chi connectivity index (χ4n) is 16.9. The van der Waals surface area contributed by atoms with Crippen LogP contribution in [0.4, 0.5) is 0 Å². The fourth-order valence-corrected chi connectivity index (χ4v) is 67.6. The molecule has 18 heteroatoms. The monoisotopic (exact) mass is 1720 g/mol. The smallest absolute Gasteiger partial charge is 0.317 e. The van der Waals surface area contributed by atoms with Gasteiger partial charge in [-0.25, -0.2) is 0 Å². The van der Waals surface area contributed by atoms with Gasteiger partial charge in [-0.05, 0) is 128 Å². The summed E-state index contributed by atoms with van der Waals surface area (Å²) in [6.07, 6.45) is 51.2. The van der Waals surface area contributed by atoms with Gasteiger partial charge in [0, 0.05) is 0 Å². The molecule has 0 saturated carbocycles. The second kappa shape index (κ2) is 59.5. The molecule has 0 atom stereocenters. The van der Waals surface area contributed by atoms with Crippen molar-refractivity contribution in [3.63, 3.8) is 0 Å². The molecule has 1 saturated heterocycles. The Kier molecular flexibility index (Phi) is 61.0. The number of hydrogen-bond donors (Lipinski definition) is 0. The van der Waals surface area contributed by atoms with Crippen LogP contribution in [0.25, 0.3) is 0 Å². The summed E-state index contributed by atoms with van der Waals surface area (Å²) in [7, 11) is -19.2. The van der Waals surface area contributed by atoms with E-state index in [-0.39, 0.29) is 0 Å². The summed E-state index contributed by atoms with van der Waals surface area (Å²) >= 11 is 0. The summed E-state index contributed by atoms with van der Waals surface area (Å²) in [5, 5.41) is 6.64. The molecule has 109 heavy (non-hydrogen) atoms. The maximum atomic E-state index is 6.78. The maximum absolute atomic E-state index is 6.78. The summed E-state index contributed by atoms with van der Waals surface area (Å²) in [6.45, 7) is 75.4. The third kappa shape index (κ3) is 56.8. The summed E-state index contributed by atoms with van der Waals surface area (Å²) in [5.74, 6) is 0. The Morgan fingerprint density at radius 1 is 0.211 bits per heavy atom. The quantitative estimate of drug-likeness (QED) is 0.0486. The Labute approximate surface area is 699 Å². The molecular formula is C91H198O6Si12. The molecule has 0 bridgehead atoms. The minimum Gasteiger partial charge on any atom is -0.455 e. The average Bonchev–Trinajstić information content (AvgIpc) is 0.777. The lowest BCUT2D eigenvalue weighted by molar-refractivity contribution is 0.229. The third-order valence-electron chi connectivity index (χ3n) is 23.1. The topological polar surface area (TPSA) is 55.4 Å². The molecule has 0 spiro atoms. The highest BCUT2D eigenvalue weighted by atomic mass is 28.5. The molecule has 0 unspecified atom stereocenters. The van der Waals surface area contributed by atoms with E-state index in [1.807, 2.05) is 0 Å². The van der Waals surface area contributed by atoms with E-state index >= 15 is 0 Å². The van der Waals surface area contributed by atoms with E-state index in [0.29, 0.717) is 0 Å². The van der Waals surface area contributed by atoms with Crippen LogP contribution >= 0.6 is 0 Å². The van der Waals surface area contributed by atoms with Crippen molar-refractivity contribution in [1.82, 2.24) is 0 Å². The SMILES string of the molecule is CCCCCCCCCCC[Si](C)(C)O[Si](C)(C)CCCCCCC.CCCCCCCCCCC[Si](C)(C)c1ccc([Si](C)(C)CCCCCCC)cc1.CCCC[Si](C)(C)O[Si](C)(C)CCC.CCCC[Si](C)(C)c1ccc([Si](C)(C)CCC)cc1.CCCC[Si]1(C)O[Si](C)(C)O[Si](C)(CCC)O[Si](C)(C)O1. The number of rotatable bonds is 55. The van der Waals surface area contributed by atoms with Gasteiger partial charge < -0.3 is 24.7 Å². The third-order valence-corrected chi connectivity index (χ3v) is 69.9. The van der Waals surface area contributed by atoms with Gasteiger partial charge in [-0.2, -0.15) is 0 Å². The molecule has 646 valence electrons. The first-order valence-corrected chi connectivity index (χ1v) is 83.2. The number of benzene rings is 2. The van der Waals surface area contributed by atoms with Crippen molar-refractivity contribution >= 4 is 121 Å². The standard InChI is InChI=1S/C28H54Si2.C22H50OSi2.C17H32Si2.C13H34O4Si4.C11H28OSi2/c1-7-9-11-13-14-15-16-18-20-26-30(5,6)28-23-21-27(22-24-28)29(3,4)25-19-17-12-10-8-2;1-7-9-11-13-14-15-16-18-20-22-25(5,6)23-24(3,4)21-19-17-12-10-8-2;1-7-9-15-19(5,6)17-12-10-16(11-13-17)18(3,4)14-8-2;1-9-11-13-21(8)16-18(3,4)14-20(7,12-10-2)15-19(5,6)17-21;1-7-9-11-14(5,6)12-13(3,4)10-8-2/h21-24H,7-20,25-26H2,1-6H3;7-22H2,1-6H3;10-13H,7-9,14-15H2,1-6H3;9-13H2,1-8H3;7-11H2,1-6H3. The van der Waals surface area contributed by atoms with Gasteiger partial charge in [-0.1, -0.05) is 453 Å². The molecule has 0 aromatic heterocycles. The van der Waals surface area contributed by atoms with Crippen LogP contribution in [0.1, 0.15) is 307 Å². The molecular weight excluding hydrogens is 1530 g/mol. The van der Waals surface area contributed by atoms with Gasteiger partial charge in [-0.15, -0.1) is 0 Å². The van der Waals surface area contributed by atoms with E-state index < -0.39 is 99.8 Å². The Balaban J connectivity index is 0. The lowest BCUT2D eigenvalue weighted by Gasteiger charge is -2.48. The van der Waals surface area contributed by atoms with Crippen LogP contribution in [0, 0.1) is 0 Å². The highest BCUT2D eigenvalue weighted by molar-refractivity contribution is 6.94. The summed E-state index contributed by atoms with van der Waals surface area (Å²) in [4.78, 5) is 0. The van der Waals surface area contributed by atoms with Crippen LogP contribution in [0.5, 0.6) is 0 Å². The van der Waals surface area contributed by atoms with Gasteiger partial charge in [-0.3, -0.25) is 0 Å². The van der Waals surface area contributed by atoms with Crippen molar-refractivity contribution in [2.45, 2.75) is 511 Å². The van der Waals surface area contributed by atoms with Gasteiger partial charge in [0.2, 0.25) is 0 Å². The predicted molar refractivity (Wildman–Crippen MR) is 532 cm³/mol. The molecule has 0 amide bonds. The molecule has 1 heterocycles. The predicted octanol–water partition coefficient (Wildman–Crippen LogP) is 32.1. The Morgan fingerprint density at radius 2 is 0.413 bits per heavy atom. The van der Waals surface area contributed by atoms with Gasteiger partial charge in [0.25, 0.3) is 0 Å². The highest BCUT2D eigenvalue weighted by Gasteiger charge is 2.53. The largest absolute Gasteiger partial charge is 0.455 e. The molecule has 0 N–H and O–H groups in total. The van der Waals surface area contributed by atoms with Crippen LogP contribution < -0.4 is 20.7 Å². The van der Waals surface area contributed by atoms with E-state index in [0.717, 1.165) is 24.9 Å². The van der Waals surface area contributed by atoms with Gasteiger partial charge >= 0.3 is 34.2 Å². The molecule has 1 aliphatic heterocycles. The van der Waals surface area contributed by atoms with Crippen LogP contribution in [-0.4, -0.2) is 99.8 Å². The molecule has 1 fully saturated rings. The second-order valence-electron chi connectivity index (χ2n) is 40.5. The maximum Gasteiger partial charge on any atom is 0.317 e. The molecule has 2 aromatic carbocycles. The number of hydrogen-bond acceptors (Lipinski definition) is 6. The van der Waals surface area contributed by atoms with E-state index in [2.05, 4.69) is 262 Å². The van der Waals surface area contributed by atoms with Gasteiger partial charge in [0.1, 0.15) is 0 Å². The molecule has 2 aromatic rings. The highest BCUT2D eigenvalue weighted by Crippen LogP contribution is 2.36. The van der Waals surface area contributed by atoms with Crippen LogP contribution in [0.15, 0.2) is 48.5 Å². The van der Waals surface area contributed by atoms with Crippen LogP contribution in [0.3, 0.4) is 0 Å². The van der Waals surface area contributed by atoms with Crippen molar-refractivity contribution in [3.8, 4) is 0 Å². The summed E-state index contributed by atoms with van der Waals surface area (Å²) < 4.78 is 39.4. The lowest BCUT2D eigenvalue weighted by Crippen LogP contribution is -2.65. The van der Waals surface area contributed by atoms with Crippen LogP contribution in [-0.2, 0) is 24.7 Å².